The van der Waals surface area contributed by atoms with E-state index in [0.29, 0.717) is 5.92 Å². The highest BCUT2D eigenvalue weighted by Crippen LogP contribution is 2.23. The Bertz CT molecular complexity index is 476. The number of thiazole rings is 1. The molecule has 0 saturated heterocycles. The number of benzene rings is 1. The van der Waals surface area contributed by atoms with E-state index in [0.717, 1.165) is 17.0 Å². The smallest absolute Gasteiger partial charge is 0.123 e. The molecule has 0 saturated carbocycles. The van der Waals surface area contributed by atoms with Crippen molar-refractivity contribution in [2.24, 2.45) is 0 Å². The molecule has 0 aliphatic heterocycles. The van der Waals surface area contributed by atoms with Gasteiger partial charge in [-0.15, -0.1) is 11.3 Å². The quantitative estimate of drug-likeness (QED) is 0.783. The van der Waals surface area contributed by atoms with E-state index < -0.39 is 0 Å². The van der Waals surface area contributed by atoms with Crippen molar-refractivity contribution in [2.45, 2.75) is 26.2 Å². The molecule has 0 N–H and O–H groups in total. The van der Waals surface area contributed by atoms with Crippen LogP contribution in [-0.4, -0.2) is 4.98 Å². The second-order valence-electron chi connectivity index (χ2n) is 4.12. The Morgan fingerprint density at radius 2 is 2.19 bits per heavy atom. The molecule has 3 heteroatoms. The fraction of sp³-hybridized carbons (Fsp3) is 0.308. The molecule has 0 aliphatic carbocycles. The molecule has 16 heavy (non-hydrogen) atoms. The van der Waals surface area contributed by atoms with E-state index in [-0.39, 0.29) is 5.82 Å². The molecular formula is C13H14FNS. The summed E-state index contributed by atoms with van der Waals surface area (Å²) in [5, 5.41) is 1.05. The van der Waals surface area contributed by atoms with Gasteiger partial charge >= 0.3 is 0 Å². The molecule has 0 aliphatic rings. The summed E-state index contributed by atoms with van der Waals surface area (Å²) in [5.41, 5.74) is 0.977. The second-order valence-corrected chi connectivity index (χ2v) is 5.26. The average Bonchev–Trinajstić information content (AvgIpc) is 2.66. The summed E-state index contributed by atoms with van der Waals surface area (Å²) in [6.07, 6.45) is 2.64. The van der Waals surface area contributed by atoms with Crippen LogP contribution in [0.2, 0.25) is 0 Å². The molecule has 2 rings (SSSR count). The van der Waals surface area contributed by atoms with E-state index >= 15 is 0 Å². The lowest BCUT2D eigenvalue weighted by atomic mass is 10.1. The summed E-state index contributed by atoms with van der Waals surface area (Å²) in [4.78, 5) is 5.64. The van der Waals surface area contributed by atoms with Crippen molar-refractivity contribution < 1.29 is 4.39 Å². The Balaban J connectivity index is 2.14. The molecular weight excluding hydrogens is 221 g/mol. The van der Waals surface area contributed by atoms with Crippen LogP contribution < -0.4 is 0 Å². The number of rotatable bonds is 3. The van der Waals surface area contributed by atoms with Crippen molar-refractivity contribution in [3.8, 4) is 0 Å². The van der Waals surface area contributed by atoms with Gasteiger partial charge in [0, 0.05) is 17.5 Å². The SMILES string of the molecule is CC(C)c1cnc(Cc2cccc(F)c2)s1. The Labute approximate surface area is 99.0 Å². The molecule has 0 unspecified atom stereocenters. The van der Waals surface area contributed by atoms with Gasteiger partial charge in [-0.1, -0.05) is 26.0 Å². The van der Waals surface area contributed by atoms with Crippen LogP contribution in [0.1, 0.15) is 35.2 Å². The normalized spacial score (nSPS) is 11.0. The molecule has 0 fully saturated rings. The maximum Gasteiger partial charge on any atom is 0.123 e. The van der Waals surface area contributed by atoms with Crippen LogP contribution in [0.25, 0.3) is 0 Å². The zero-order chi connectivity index (χ0) is 11.5. The minimum Gasteiger partial charge on any atom is -0.249 e. The molecule has 1 heterocycles. The molecule has 1 nitrogen and oxygen atoms in total. The lowest BCUT2D eigenvalue weighted by molar-refractivity contribution is 0.626. The van der Waals surface area contributed by atoms with Gasteiger partial charge in [0.2, 0.25) is 0 Å². The maximum atomic E-state index is 13.0. The highest BCUT2D eigenvalue weighted by atomic mass is 32.1. The number of halogens is 1. The molecule has 1 aromatic heterocycles. The van der Waals surface area contributed by atoms with Crippen LogP contribution in [0.3, 0.4) is 0 Å². The van der Waals surface area contributed by atoms with E-state index in [1.807, 2.05) is 12.3 Å². The van der Waals surface area contributed by atoms with Crippen LogP contribution in [0.5, 0.6) is 0 Å². The first-order valence-electron chi connectivity index (χ1n) is 5.34. The Morgan fingerprint density at radius 3 is 2.81 bits per heavy atom. The van der Waals surface area contributed by atoms with Gasteiger partial charge in [-0.2, -0.15) is 0 Å². The van der Waals surface area contributed by atoms with Crippen LogP contribution in [0.15, 0.2) is 30.5 Å². The van der Waals surface area contributed by atoms with Crippen molar-refractivity contribution in [2.75, 3.05) is 0 Å². The molecule has 0 spiro atoms. The van der Waals surface area contributed by atoms with Crippen LogP contribution in [0, 0.1) is 5.82 Å². The predicted octanol–water partition coefficient (Wildman–Crippen LogP) is 4.00. The van der Waals surface area contributed by atoms with E-state index in [9.17, 15) is 4.39 Å². The van der Waals surface area contributed by atoms with E-state index in [1.54, 1.807) is 23.5 Å². The summed E-state index contributed by atoms with van der Waals surface area (Å²) in [7, 11) is 0. The first kappa shape index (κ1) is 11.3. The van der Waals surface area contributed by atoms with E-state index in [1.165, 1.54) is 10.9 Å². The first-order valence-corrected chi connectivity index (χ1v) is 6.16. The highest BCUT2D eigenvalue weighted by Gasteiger charge is 2.06. The van der Waals surface area contributed by atoms with Gasteiger partial charge < -0.3 is 0 Å². The molecule has 0 amide bonds. The zero-order valence-electron chi connectivity index (χ0n) is 9.40. The molecule has 2 aromatic rings. The number of nitrogens with zero attached hydrogens (tertiary/aromatic N) is 1. The summed E-state index contributed by atoms with van der Waals surface area (Å²) in [6.45, 7) is 4.30. The standard InChI is InChI=1S/C13H14FNS/c1-9(2)12-8-15-13(16-12)7-10-4-3-5-11(14)6-10/h3-6,8-9H,7H2,1-2H3. The van der Waals surface area contributed by atoms with Crippen molar-refractivity contribution in [3.05, 3.63) is 51.7 Å². The first-order chi connectivity index (χ1) is 7.65. The van der Waals surface area contributed by atoms with E-state index in [2.05, 4.69) is 18.8 Å². The number of hydrogen-bond donors (Lipinski definition) is 0. The summed E-state index contributed by atoms with van der Waals surface area (Å²) in [6, 6.07) is 6.70. The van der Waals surface area contributed by atoms with Gasteiger partial charge in [-0.05, 0) is 23.6 Å². The highest BCUT2D eigenvalue weighted by molar-refractivity contribution is 7.11. The molecule has 0 atom stereocenters. The molecule has 0 radical (unpaired) electrons. The fourth-order valence-electron chi connectivity index (χ4n) is 1.49. The monoisotopic (exact) mass is 235 g/mol. The van der Waals surface area contributed by atoms with Gasteiger partial charge in [0.05, 0.1) is 5.01 Å². The molecule has 1 aromatic carbocycles. The fourth-order valence-corrected chi connectivity index (χ4v) is 2.45. The van der Waals surface area contributed by atoms with E-state index in [4.69, 9.17) is 0 Å². The lowest BCUT2D eigenvalue weighted by Gasteiger charge is -1.98. The van der Waals surface area contributed by atoms with Crippen LogP contribution >= 0.6 is 11.3 Å². The third-order valence-electron chi connectivity index (χ3n) is 2.38. The number of hydrogen-bond acceptors (Lipinski definition) is 2. The van der Waals surface area contributed by atoms with Crippen molar-refractivity contribution >= 4 is 11.3 Å². The lowest BCUT2D eigenvalue weighted by Crippen LogP contribution is -1.87. The minimum atomic E-state index is -0.182. The van der Waals surface area contributed by atoms with Crippen molar-refractivity contribution in [3.63, 3.8) is 0 Å². The third-order valence-corrected chi connectivity index (χ3v) is 3.68. The summed E-state index contributed by atoms with van der Waals surface area (Å²) >= 11 is 1.71. The summed E-state index contributed by atoms with van der Waals surface area (Å²) in [5.74, 6) is 0.330. The van der Waals surface area contributed by atoms with Gasteiger partial charge in [-0.3, -0.25) is 0 Å². The zero-order valence-corrected chi connectivity index (χ0v) is 10.2. The minimum absolute atomic E-state index is 0.182. The largest absolute Gasteiger partial charge is 0.249 e. The van der Waals surface area contributed by atoms with Crippen LogP contribution in [-0.2, 0) is 6.42 Å². The molecule has 84 valence electrons. The second kappa shape index (κ2) is 4.74. The van der Waals surface area contributed by atoms with Crippen molar-refractivity contribution in [1.29, 1.82) is 0 Å². The van der Waals surface area contributed by atoms with Gasteiger partial charge in [0.15, 0.2) is 0 Å². The Morgan fingerprint density at radius 1 is 1.38 bits per heavy atom. The Kier molecular flexibility index (Phi) is 3.34. The third kappa shape index (κ3) is 2.67. The summed E-state index contributed by atoms with van der Waals surface area (Å²) < 4.78 is 13.0. The number of aromatic nitrogens is 1. The van der Waals surface area contributed by atoms with Gasteiger partial charge in [0.1, 0.15) is 5.82 Å². The van der Waals surface area contributed by atoms with Gasteiger partial charge in [-0.25, -0.2) is 9.37 Å². The Hall–Kier alpha value is -1.22. The average molecular weight is 235 g/mol. The maximum absolute atomic E-state index is 13.0. The predicted molar refractivity (Wildman–Crippen MR) is 65.4 cm³/mol. The molecule has 0 bridgehead atoms. The van der Waals surface area contributed by atoms with Crippen LogP contribution in [0.4, 0.5) is 4.39 Å². The van der Waals surface area contributed by atoms with Gasteiger partial charge in [0.25, 0.3) is 0 Å². The van der Waals surface area contributed by atoms with Crippen molar-refractivity contribution in [1.82, 2.24) is 4.98 Å². The topological polar surface area (TPSA) is 12.9 Å².